The predicted octanol–water partition coefficient (Wildman–Crippen LogP) is 2.87. The summed E-state index contributed by atoms with van der Waals surface area (Å²) < 4.78 is 16.2. The second-order valence-electron chi connectivity index (χ2n) is 7.02. The second kappa shape index (κ2) is 9.01. The van der Waals surface area contributed by atoms with Gasteiger partial charge in [0, 0.05) is 25.8 Å². The van der Waals surface area contributed by atoms with Crippen LogP contribution in [0, 0.1) is 0 Å². The van der Waals surface area contributed by atoms with E-state index in [0.29, 0.717) is 0 Å². The fourth-order valence-corrected chi connectivity index (χ4v) is 3.58. The van der Waals surface area contributed by atoms with Crippen molar-refractivity contribution >= 4 is 28.6 Å². The van der Waals surface area contributed by atoms with Crippen molar-refractivity contribution in [2.45, 2.75) is 44.6 Å². The maximum atomic E-state index is 12.5. The van der Waals surface area contributed by atoms with Crippen molar-refractivity contribution in [3.8, 4) is 0 Å². The number of amides is 3. The van der Waals surface area contributed by atoms with Crippen molar-refractivity contribution in [3.63, 3.8) is 0 Å². The molecule has 1 aromatic carbocycles. The monoisotopic (exact) mass is 405 g/mol. The predicted molar refractivity (Wildman–Crippen MR) is 110 cm³/mol. The number of rotatable bonds is 6. The Morgan fingerprint density at radius 1 is 1.11 bits per heavy atom. The molecule has 28 heavy (non-hydrogen) atoms. The molecular weight excluding hydrogens is 378 g/mol. The number of aromatic nitrogens is 2. The average molecular weight is 406 g/mol. The number of anilines is 1. The standard InChI is InChI=1S/C19H27N5O3S/c1-11(2)13-8-7-9-14(12(3)4)17(13)21-19(26)23-28(27)16-10-15(18(25)20-5)24(6)22-16/h7-12H,1-6H3,(H,20,25)(H2,21,23,26). The third-order valence-corrected chi connectivity index (χ3v) is 5.25. The highest BCUT2D eigenvalue weighted by molar-refractivity contribution is 7.83. The van der Waals surface area contributed by atoms with Gasteiger partial charge in [-0.05, 0) is 23.0 Å². The Bertz CT molecular complexity index is 879. The molecule has 0 aliphatic carbocycles. The van der Waals surface area contributed by atoms with Gasteiger partial charge in [0.25, 0.3) is 5.91 Å². The molecule has 0 spiro atoms. The largest absolute Gasteiger partial charge is 0.354 e. The molecule has 0 bridgehead atoms. The lowest BCUT2D eigenvalue weighted by molar-refractivity contribution is 0.0953. The quantitative estimate of drug-likeness (QED) is 0.687. The maximum absolute atomic E-state index is 12.5. The molecule has 1 aromatic heterocycles. The first-order valence-corrected chi connectivity index (χ1v) is 10.2. The lowest BCUT2D eigenvalue weighted by atomic mass is 9.93. The molecule has 1 unspecified atom stereocenters. The summed E-state index contributed by atoms with van der Waals surface area (Å²) in [5.74, 6) is 0.0749. The summed E-state index contributed by atoms with van der Waals surface area (Å²) in [7, 11) is 1.16. The Hall–Kier alpha value is -2.68. The van der Waals surface area contributed by atoms with Crippen LogP contribution in [0.2, 0.25) is 0 Å². The number of carbonyl (C=O) groups excluding carboxylic acids is 2. The molecule has 0 saturated carbocycles. The van der Waals surface area contributed by atoms with Gasteiger partial charge >= 0.3 is 6.03 Å². The fourth-order valence-electron chi connectivity index (χ4n) is 2.84. The summed E-state index contributed by atoms with van der Waals surface area (Å²) in [6.45, 7) is 8.20. The molecule has 0 aliphatic heterocycles. The van der Waals surface area contributed by atoms with E-state index in [0.717, 1.165) is 16.8 Å². The van der Waals surface area contributed by atoms with E-state index in [1.165, 1.54) is 17.8 Å². The first kappa shape index (κ1) is 21.6. The van der Waals surface area contributed by atoms with Crippen LogP contribution >= 0.6 is 0 Å². The van der Waals surface area contributed by atoms with Gasteiger partial charge < -0.3 is 10.6 Å². The Kier molecular flexibility index (Phi) is 6.95. The van der Waals surface area contributed by atoms with E-state index in [1.807, 2.05) is 18.2 Å². The van der Waals surface area contributed by atoms with Crippen molar-refractivity contribution in [2.75, 3.05) is 12.4 Å². The molecule has 1 heterocycles. The SMILES string of the molecule is CNC(=O)c1cc(S(=O)NC(=O)Nc2c(C(C)C)cccc2C(C)C)nn1C. The number of nitrogens with zero attached hydrogens (tertiary/aromatic N) is 2. The van der Waals surface area contributed by atoms with E-state index in [-0.39, 0.29) is 28.5 Å². The van der Waals surface area contributed by atoms with Crippen LogP contribution in [0.1, 0.15) is 61.1 Å². The zero-order valence-electron chi connectivity index (χ0n) is 17.0. The van der Waals surface area contributed by atoms with Crippen LogP contribution in [0.3, 0.4) is 0 Å². The smallest absolute Gasteiger partial charge is 0.331 e. The molecule has 2 rings (SSSR count). The van der Waals surface area contributed by atoms with Crippen LogP contribution in [0.5, 0.6) is 0 Å². The minimum absolute atomic E-state index is 0.0949. The van der Waals surface area contributed by atoms with Crippen molar-refractivity contribution in [1.29, 1.82) is 0 Å². The van der Waals surface area contributed by atoms with Gasteiger partial charge in [-0.15, -0.1) is 0 Å². The van der Waals surface area contributed by atoms with Crippen LogP contribution < -0.4 is 15.4 Å². The third kappa shape index (κ3) is 4.78. The van der Waals surface area contributed by atoms with Crippen LogP contribution in [-0.4, -0.2) is 33.0 Å². The minimum atomic E-state index is -1.90. The highest BCUT2D eigenvalue weighted by atomic mass is 32.2. The van der Waals surface area contributed by atoms with Crippen LogP contribution in [0.25, 0.3) is 0 Å². The summed E-state index contributed by atoms with van der Waals surface area (Å²) in [6.07, 6.45) is 0. The molecular formula is C19H27N5O3S. The topological polar surface area (TPSA) is 105 Å². The Morgan fingerprint density at radius 2 is 1.68 bits per heavy atom. The summed E-state index contributed by atoms with van der Waals surface area (Å²) in [6, 6.07) is 6.70. The molecule has 0 saturated heterocycles. The normalized spacial score (nSPS) is 12.1. The van der Waals surface area contributed by atoms with Crippen LogP contribution in [-0.2, 0) is 18.0 Å². The molecule has 0 fully saturated rings. The lowest BCUT2D eigenvalue weighted by Gasteiger charge is -2.20. The zero-order chi connectivity index (χ0) is 21.0. The van der Waals surface area contributed by atoms with Gasteiger partial charge in [0.2, 0.25) is 0 Å². The maximum Gasteiger partial charge on any atom is 0.331 e. The Balaban J connectivity index is 2.21. The van der Waals surface area contributed by atoms with Crippen molar-refractivity contribution in [1.82, 2.24) is 19.8 Å². The number of benzene rings is 1. The van der Waals surface area contributed by atoms with Gasteiger partial charge in [0.1, 0.15) is 5.69 Å². The van der Waals surface area contributed by atoms with Gasteiger partial charge in [0.15, 0.2) is 16.0 Å². The first-order chi connectivity index (χ1) is 13.1. The zero-order valence-corrected chi connectivity index (χ0v) is 17.8. The number of urea groups is 1. The Labute approximate surface area is 167 Å². The van der Waals surface area contributed by atoms with Crippen molar-refractivity contribution < 1.29 is 13.8 Å². The van der Waals surface area contributed by atoms with E-state index >= 15 is 0 Å². The molecule has 3 N–H and O–H groups in total. The number of hydrogen-bond acceptors (Lipinski definition) is 4. The number of aryl methyl sites for hydroxylation is 1. The number of para-hydroxylation sites is 1. The number of carbonyl (C=O) groups is 2. The van der Waals surface area contributed by atoms with Gasteiger partial charge in [-0.2, -0.15) is 5.10 Å². The molecule has 2 aromatic rings. The van der Waals surface area contributed by atoms with E-state index in [9.17, 15) is 13.8 Å². The Morgan fingerprint density at radius 3 is 2.18 bits per heavy atom. The fraction of sp³-hybridized carbons (Fsp3) is 0.421. The van der Waals surface area contributed by atoms with Gasteiger partial charge in [-0.3, -0.25) is 14.2 Å². The van der Waals surface area contributed by atoms with E-state index in [1.54, 1.807) is 7.05 Å². The highest BCUT2D eigenvalue weighted by Gasteiger charge is 2.20. The minimum Gasteiger partial charge on any atom is -0.354 e. The van der Waals surface area contributed by atoms with Crippen LogP contribution in [0.4, 0.5) is 10.5 Å². The summed E-state index contributed by atoms with van der Waals surface area (Å²) in [5.41, 5.74) is 2.99. The van der Waals surface area contributed by atoms with E-state index in [4.69, 9.17) is 0 Å². The lowest BCUT2D eigenvalue weighted by Crippen LogP contribution is -2.31. The highest BCUT2D eigenvalue weighted by Crippen LogP contribution is 2.32. The average Bonchev–Trinajstić information content (AvgIpc) is 3.02. The molecule has 1 atom stereocenters. The summed E-state index contributed by atoms with van der Waals surface area (Å²) >= 11 is 0. The van der Waals surface area contributed by atoms with E-state index < -0.39 is 17.0 Å². The van der Waals surface area contributed by atoms with Crippen molar-refractivity contribution in [2.24, 2.45) is 7.05 Å². The van der Waals surface area contributed by atoms with Gasteiger partial charge in [-0.1, -0.05) is 45.9 Å². The summed E-state index contributed by atoms with van der Waals surface area (Å²) in [5, 5.41) is 9.46. The van der Waals surface area contributed by atoms with Gasteiger partial charge in [0.05, 0.1) is 0 Å². The second-order valence-corrected chi connectivity index (χ2v) is 8.18. The molecule has 8 nitrogen and oxygen atoms in total. The third-order valence-electron chi connectivity index (χ3n) is 4.30. The first-order valence-electron chi connectivity index (χ1n) is 9.04. The number of nitrogens with one attached hydrogen (secondary N) is 3. The molecule has 0 aliphatic rings. The van der Waals surface area contributed by atoms with Crippen molar-refractivity contribution in [3.05, 3.63) is 41.1 Å². The van der Waals surface area contributed by atoms with Gasteiger partial charge in [-0.25, -0.2) is 9.00 Å². The molecule has 9 heteroatoms. The molecule has 152 valence electrons. The van der Waals surface area contributed by atoms with Crippen LogP contribution in [0.15, 0.2) is 29.3 Å². The summed E-state index contributed by atoms with van der Waals surface area (Å²) in [4.78, 5) is 24.3. The number of hydrogen-bond donors (Lipinski definition) is 3. The molecule has 0 radical (unpaired) electrons. The van der Waals surface area contributed by atoms with E-state index in [2.05, 4.69) is 48.1 Å². The molecule has 3 amide bonds.